The van der Waals surface area contributed by atoms with Crippen molar-refractivity contribution in [2.24, 2.45) is 0 Å². The molecule has 0 fully saturated rings. The molecule has 3 nitrogen and oxygen atoms in total. The molecule has 0 unspecified atom stereocenters. The van der Waals surface area contributed by atoms with Gasteiger partial charge in [-0.05, 0) is 32.1 Å². The Morgan fingerprint density at radius 1 is 1.67 bits per heavy atom. The summed E-state index contributed by atoms with van der Waals surface area (Å²) in [6.45, 7) is 4.28. The summed E-state index contributed by atoms with van der Waals surface area (Å²) in [4.78, 5) is 8.07. The molecule has 64 valence electrons. The van der Waals surface area contributed by atoms with Crippen LogP contribution in [-0.4, -0.2) is 21.6 Å². The molecule has 0 aromatic carbocycles. The molecule has 1 aromatic heterocycles. The summed E-state index contributed by atoms with van der Waals surface area (Å²) < 4.78 is 5.12. The van der Waals surface area contributed by atoms with Gasteiger partial charge in [0.1, 0.15) is 11.5 Å². The molecule has 0 saturated carbocycles. The second-order valence-corrected chi connectivity index (χ2v) is 2.58. The summed E-state index contributed by atoms with van der Waals surface area (Å²) >= 11 is 4.97. The van der Waals surface area contributed by atoms with Crippen LogP contribution in [0.3, 0.4) is 0 Å². The third-order valence-corrected chi connectivity index (χ3v) is 1.59. The van der Waals surface area contributed by atoms with Crippen LogP contribution in [0.25, 0.3) is 0 Å². The molecule has 1 aromatic rings. The standard InChI is InChI=1S/C8H10N2OS/c1-3-11-8(12)7-4-5-9-6(2)10-7/h4-5H,3H2,1-2H3. The van der Waals surface area contributed by atoms with E-state index in [2.05, 4.69) is 9.97 Å². The SMILES string of the molecule is CCOC(=S)c1ccnc(C)n1. The maximum atomic E-state index is 5.12. The second-order valence-electron chi connectivity index (χ2n) is 2.21. The van der Waals surface area contributed by atoms with Gasteiger partial charge in [0.25, 0.3) is 0 Å². The summed E-state index contributed by atoms with van der Waals surface area (Å²) in [5, 5.41) is 0.433. The van der Waals surface area contributed by atoms with E-state index in [1.54, 1.807) is 12.3 Å². The molecule has 0 atom stereocenters. The molecule has 1 heterocycles. The van der Waals surface area contributed by atoms with Gasteiger partial charge in [0.15, 0.2) is 0 Å². The zero-order chi connectivity index (χ0) is 8.97. The van der Waals surface area contributed by atoms with Gasteiger partial charge < -0.3 is 4.74 Å². The normalized spacial score (nSPS) is 9.50. The van der Waals surface area contributed by atoms with E-state index in [9.17, 15) is 0 Å². The molecule has 0 spiro atoms. The van der Waals surface area contributed by atoms with Gasteiger partial charge >= 0.3 is 0 Å². The van der Waals surface area contributed by atoms with Gasteiger partial charge in [0.05, 0.1) is 6.61 Å². The summed E-state index contributed by atoms with van der Waals surface area (Å²) in [5.41, 5.74) is 0.680. The lowest BCUT2D eigenvalue weighted by molar-refractivity contribution is 0.336. The third-order valence-electron chi connectivity index (χ3n) is 1.26. The van der Waals surface area contributed by atoms with E-state index in [1.807, 2.05) is 13.8 Å². The van der Waals surface area contributed by atoms with Crippen LogP contribution in [0.1, 0.15) is 18.4 Å². The van der Waals surface area contributed by atoms with Gasteiger partial charge in [0, 0.05) is 6.20 Å². The Labute approximate surface area is 76.8 Å². The first-order valence-corrected chi connectivity index (χ1v) is 4.11. The van der Waals surface area contributed by atoms with Gasteiger partial charge in [0.2, 0.25) is 5.05 Å². The van der Waals surface area contributed by atoms with Crippen LogP contribution in [-0.2, 0) is 4.74 Å². The third kappa shape index (κ3) is 2.23. The molecule has 12 heavy (non-hydrogen) atoms. The lowest BCUT2D eigenvalue weighted by Gasteiger charge is -2.03. The van der Waals surface area contributed by atoms with E-state index < -0.39 is 0 Å². The monoisotopic (exact) mass is 182 g/mol. The van der Waals surface area contributed by atoms with Crippen LogP contribution in [0.15, 0.2) is 12.3 Å². The number of aromatic nitrogens is 2. The average Bonchev–Trinajstić information content (AvgIpc) is 2.05. The quantitative estimate of drug-likeness (QED) is 0.649. The van der Waals surface area contributed by atoms with E-state index in [0.717, 1.165) is 0 Å². The molecule has 0 N–H and O–H groups in total. The Bertz CT molecular complexity index is 288. The predicted molar refractivity (Wildman–Crippen MR) is 50.1 cm³/mol. The van der Waals surface area contributed by atoms with Gasteiger partial charge in [-0.1, -0.05) is 0 Å². The van der Waals surface area contributed by atoms with E-state index >= 15 is 0 Å². The number of thiocarbonyl (C=S) groups is 1. The Hall–Kier alpha value is -1.03. The largest absolute Gasteiger partial charge is 0.482 e. The zero-order valence-corrected chi connectivity index (χ0v) is 7.89. The minimum Gasteiger partial charge on any atom is -0.482 e. The highest BCUT2D eigenvalue weighted by Gasteiger charge is 2.02. The Morgan fingerprint density at radius 3 is 3.00 bits per heavy atom. The number of rotatable bonds is 2. The molecule has 0 bridgehead atoms. The second kappa shape index (κ2) is 4.11. The van der Waals surface area contributed by atoms with Crippen molar-refractivity contribution in [3.05, 3.63) is 23.8 Å². The summed E-state index contributed by atoms with van der Waals surface area (Å²) in [6, 6.07) is 1.74. The Kier molecular flexibility index (Phi) is 3.10. The summed E-state index contributed by atoms with van der Waals surface area (Å²) in [6.07, 6.45) is 1.67. The van der Waals surface area contributed by atoms with Gasteiger partial charge in [-0.15, -0.1) is 0 Å². The van der Waals surface area contributed by atoms with E-state index in [1.165, 1.54) is 0 Å². The molecule has 0 aliphatic carbocycles. The molecule has 4 heteroatoms. The number of ether oxygens (including phenoxy) is 1. The number of nitrogens with zero attached hydrogens (tertiary/aromatic N) is 2. The molecule has 1 rings (SSSR count). The van der Waals surface area contributed by atoms with Crippen molar-refractivity contribution in [1.29, 1.82) is 0 Å². The van der Waals surface area contributed by atoms with Crippen molar-refractivity contribution in [1.82, 2.24) is 9.97 Å². The molecule has 0 saturated heterocycles. The zero-order valence-electron chi connectivity index (χ0n) is 7.07. The lowest BCUT2D eigenvalue weighted by atomic mass is 10.4. The number of hydrogen-bond donors (Lipinski definition) is 0. The van der Waals surface area contributed by atoms with Crippen LogP contribution < -0.4 is 0 Å². The number of hydrogen-bond acceptors (Lipinski definition) is 4. The van der Waals surface area contributed by atoms with Crippen LogP contribution in [0.4, 0.5) is 0 Å². The van der Waals surface area contributed by atoms with E-state index in [4.69, 9.17) is 17.0 Å². The molecule has 0 radical (unpaired) electrons. The summed E-state index contributed by atoms with van der Waals surface area (Å²) in [5.74, 6) is 0.703. The van der Waals surface area contributed by atoms with Crippen molar-refractivity contribution in [3.63, 3.8) is 0 Å². The molecule has 0 amide bonds. The van der Waals surface area contributed by atoms with Crippen molar-refractivity contribution in [2.75, 3.05) is 6.61 Å². The maximum absolute atomic E-state index is 5.12. The van der Waals surface area contributed by atoms with Crippen molar-refractivity contribution in [2.45, 2.75) is 13.8 Å². The van der Waals surface area contributed by atoms with E-state index in [0.29, 0.717) is 23.2 Å². The highest BCUT2D eigenvalue weighted by molar-refractivity contribution is 7.80. The molecule has 0 aliphatic heterocycles. The Morgan fingerprint density at radius 2 is 2.42 bits per heavy atom. The lowest BCUT2D eigenvalue weighted by Crippen LogP contribution is -2.06. The number of aryl methyl sites for hydroxylation is 1. The topological polar surface area (TPSA) is 35.0 Å². The Balaban J connectivity index is 2.81. The smallest absolute Gasteiger partial charge is 0.210 e. The first-order chi connectivity index (χ1) is 5.74. The fourth-order valence-electron chi connectivity index (χ4n) is 0.775. The van der Waals surface area contributed by atoms with E-state index in [-0.39, 0.29) is 0 Å². The first kappa shape index (κ1) is 9.06. The highest BCUT2D eigenvalue weighted by atomic mass is 32.1. The predicted octanol–water partition coefficient (Wildman–Crippen LogP) is 1.50. The highest BCUT2D eigenvalue weighted by Crippen LogP contribution is 1.98. The maximum Gasteiger partial charge on any atom is 0.210 e. The van der Waals surface area contributed by atoms with Crippen molar-refractivity contribution in [3.8, 4) is 0 Å². The van der Waals surface area contributed by atoms with Gasteiger partial charge in [-0.2, -0.15) is 0 Å². The molecule has 0 aliphatic rings. The van der Waals surface area contributed by atoms with Gasteiger partial charge in [-0.25, -0.2) is 9.97 Å². The van der Waals surface area contributed by atoms with Gasteiger partial charge in [-0.3, -0.25) is 0 Å². The van der Waals surface area contributed by atoms with Crippen molar-refractivity contribution < 1.29 is 4.74 Å². The fraction of sp³-hybridized carbons (Fsp3) is 0.375. The van der Waals surface area contributed by atoms with Crippen LogP contribution in [0.5, 0.6) is 0 Å². The average molecular weight is 182 g/mol. The van der Waals surface area contributed by atoms with Crippen molar-refractivity contribution >= 4 is 17.3 Å². The van der Waals surface area contributed by atoms with Crippen LogP contribution in [0.2, 0.25) is 0 Å². The minimum atomic E-state index is 0.433. The summed E-state index contributed by atoms with van der Waals surface area (Å²) in [7, 11) is 0. The van der Waals surface area contributed by atoms with Crippen LogP contribution >= 0.6 is 12.2 Å². The first-order valence-electron chi connectivity index (χ1n) is 3.71. The fourth-order valence-corrected chi connectivity index (χ4v) is 1.01. The molecular weight excluding hydrogens is 172 g/mol. The molecular formula is C8H10N2OS. The minimum absolute atomic E-state index is 0.433. The van der Waals surface area contributed by atoms with Crippen LogP contribution in [0, 0.1) is 6.92 Å².